The zero-order valence-corrected chi connectivity index (χ0v) is 5.16. The number of nitrogens with zero attached hydrogens (tertiary/aromatic N) is 2. The van der Waals surface area contributed by atoms with Crippen LogP contribution in [0.25, 0.3) is 12.2 Å². The summed E-state index contributed by atoms with van der Waals surface area (Å²) >= 11 is 0. The Kier molecular flexibility index (Phi) is 0.768. The molecule has 0 spiro atoms. The van der Waals surface area contributed by atoms with E-state index in [0.29, 0.717) is 11.0 Å². The molecule has 0 radical (unpaired) electrons. The number of imidazole rings is 1. The van der Waals surface area contributed by atoms with Gasteiger partial charge in [-0.15, -0.1) is 0 Å². The van der Waals surface area contributed by atoms with Gasteiger partial charge in [0.05, 0.1) is 6.20 Å². The van der Waals surface area contributed by atoms with Crippen LogP contribution in [-0.2, 0) is 0 Å². The van der Waals surface area contributed by atoms with Crippen molar-refractivity contribution in [2.24, 2.45) is 0 Å². The number of aromatic nitrogens is 3. The van der Waals surface area contributed by atoms with Crippen LogP contribution in [0, 0.1) is 0 Å². The topological polar surface area (TPSA) is 50.2 Å². The molecule has 0 amide bonds. The molecule has 0 fully saturated rings. The van der Waals surface area contributed by atoms with Crippen molar-refractivity contribution in [2.45, 2.75) is 0 Å². The number of fused-ring (bicyclic) bond motifs is 1. The summed E-state index contributed by atoms with van der Waals surface area (Å²) in [4.78, 5) is 13.4. The molecule has 2 heterocycles. The van der Waals surface area contributed by atoms with Crippen LogP contribution < -0.4 is 10.9 Å². The highest BCUT2D eigenvalue weighted by molar-refractivity contribution is 5.36. The summed E-state index contributed by atoms with van der Waals surface area (Å²) in [5.41, 5.74) is 0.512. The first-order chi connectivity index (χ1) is 4.79. The van der Waals surface area contributed by atoms with Crippen molar-refractivity contribution in [3.05, 3.63) is 28.0 Å². The van der Waals surface area contributed by atoms with Crippen molar-refractivity contribution in [1.29, 1.82) is 0 Å². The predicted octanol–water partition coefficient (Wildman–Crippen LogP) is -0.848. The molecule has 0 saturated heterocycles. The van der Waals surface area contributed by atoms with E-state index in [1.807, 2.05) is 0 Å². The Labute approximate surface area is 55.8 Å². The van der Waals surface area contributed by atoms with E-state index >= 15 is 0 Å². The second-order valence-electron chi connectivity index (χ2n) is 2.03. The number of nitrogens with one attached hydrogen (secondary N) is 1. The highest BCUT2D eigenvalue weighted by Gasteiger charge is 1.97. The van der Waals surface area contributed by atoms with E-state index in [2.05, 4.69) is 16.7 Å². The maximum atomic E-state index is 10.8. The number of rotatable bonds is 0. The summed E-state index contributed by atoms with van der Waals surface area (Å²) in [5.74, 6) is 0. The van der Waals surface area contributed by atoms with Gasteiger partial charge < -0.3 is 4.98 Å². The fraction of sp³-hybridized carbons (Fsp3) is 0. The van der Waals surface area contributed by atoms with Crippen LogP contribution in [0.4, 0.5) is 0 Å². The minimum Gasteiger partial charge on any atom is -0.305 e. The van der Waals surface area contributed by atoms with Gasteiger partial charge >= 0.3 is 0 Å². The number of hydrogen-bond donors (Lipinski definition) is 1. The minimum absolute atomic E-state index is 0.178. The van der Waals surface area contributed by atoms with Crippen LogP contribution in [0.2, 0.25) is 0 Å². The third-order valence-corrected chi connectivity index (χ3v) is 1.40. The van der Waals surface area contributed by atoms with Crippen LogP contribution in [0.1, 0.15) is 0 Å². The lowest BCUT2D eigenvalue weighted by molar-refractivity contribution is 0.940. The lowest BCUT2D eigenvalue weighted by atomic mass is 10.7. The third-order valence-electron chi connectivity index (χ3n) is 1.40. The molecule has 0 aliphatic heterocycles. The van der Waals surface area contributed by atoms with Gasteiger partial charge in [0.1, 0.15) is 11.0 Å². The normalized spacial score (nSPS) is 10.8. The quantitative estimate of drug-likeness (QED) is 0.511. The molecular weight excluding hydrogens is 130 g/mol. The van der Waals surface area contributed by atoms with Crippen molar-refractivity contribution in [2.75, 3.05) is 0 Å². The van der Waals surface area contributed by atoms with E-state index in [1.165, 1.54) is 4.52 Å². The summed E-state index contributed by atoms with van der Waals surface area (Å²) in [6.45, 7) is 3.54. The molecule has 0 aliphatic rings. The van der Waals surface area contributed by atoms with Gasteiger partial charge in [-0.3, -0.25) is 4.79 Å². The molecule has 0 bridgehead atoms. The molecule has 2 aromatic rings. The molecule has 0 atom stereocenters. The van der Waals surface area contributed by atoms with Gasteiger partial charge in [0.2, 0.25) is 0 Å². The van der Waals surface area contributed by atoms with Gasteiger partial charge in [-0.1, -0.05) is 6.58 Å². The number of hydrogen-bond acceptors (Lipinski definition) is 2. The molecule has 2 aromatic heterocycles. The van der Waals surface area contributed by atoms with Crippen molar-refractivity contribution in [3.63, 3.8) is 0 Å². The van der Waals surface area contributed by atoms with Crippen molar-refractivity contribution in [3.8, 4) is 0 Å². The second kappa shape index (κ2) is 1.47. The standard InChI is InChI=1S/C6H5N3O/c1-4-6(10)8-5-2-3-7-9(4)5/h2-3H,1H2,(H,8,10). The van der Waals surface area contributed by atoms with E-state index in [4.69, 9.17) is 0 Å². The fourth-order valence-corrected chi connectivity index (χ4v) is 0.898. The molecule has 0 aromatic carbocycles. The van der Waals surface area contributed by atoms with E-state index in [0.717, 1.165) is 0 Å². The Morgan fingerprint density at radius 1 is 1.70 bits per heavy atom. The van der Waals surface area contributed by atoms with Crippen molar-refractivity contribution < 1.29 is 0 Å². The van der Waals surface area contributed by atoms with E-state index in [9.17, 15) is 4.79 Å². The summed E-state index contributed by atoms with van der Waals surface area (Å²) in [6.07, 6.45) is 1.61. The zero-order chi connectivity index (χ0) is 7.14. The number of aromatic amines is 1. The van der Waals surface area contributed by atoms with Crippen LogP contribution in [0.3, 0.4) is 0 Å². The Bertz CT molecular complexity index is 453. The first-order valence-corrected chi connectivity index (χ1v) is 2.84. The van der Waals surface area contributed by atoms with Crippen LogP contribution in [0.5, 0.6) is 0 Å². The monoisotopic (exact) mass is 135 g/mol. The Balaban J connectivity index is 3.24. The van der Waals surface area contributed by atoms with Crippen LogP contribution in [-0.4, -0.2) is 14.6 Å². The van der Waals surface area contributed by atoms with Gasteiger partial charge in [-0.25, -0.2) is 4.52 Å². The first kappa shape index (κ1) is 5.22. The Morgan fingerprint density at radius 3 is 3.20 bits per heavy atom. The van der Waals surface area contributed by atoms with Crippen molar-refractivity contribution in [1.82, 2.24) is 14.6 Å². The summed E-state index contributed by atoms with van der Waals surface area (Å²) in [7, 11) is 0. The zero-order valence-electron chi connectivity index (χ0n) is 5.16. The van der Waals surface area contributed by atoms with Crippen LogP contribution >= 0.6 is 0 Å². The first-order valence-electron chi connectivity index (χ1n) is 2.84. The van der Waals surface area contributed by atoms with Crippen LogP contribution in [0.15, 0.2) is 17.1 Å². The number of H-pyrrole nitrogens is 1. The van der Waals surface area contributed by atoms with Gasteiger partial charge in [0, 0.05) is 6.07 Å². The molecule has 1 N–H and O–H groups in total. The van der Waals surface area contributed by atoms with E-state index < -0.39 is 0 Å². The SMILES string of the molecule is C=c1c(=O)[nH]c2ccnn12. The highest BCUT2D eigenvalue weighted by Crippen LogP contribution is 1.86. The average Bonchev–Trinajstić information content (AvgIpc) is 2.41. The van der Waals surface area contributed by atoms with Gasteiger partial charge in [0.15, 0.2) is 0 Å². The lowest BCUT2D eigenvalue weighted by Gasteiger charge is -1.74. The summed E-state index contributed by atoms with van der Waals surface area (Å²) in [6, 6.07) is 1.72. The average molecular weight is 135 g/mol. The van der Waals surface area contributed by atoms with Crippen molar-refractivity contribution >= 4 is 12.2 Å². The molecule has 2 rings (SSSR count). The van der Waals surface area contributed by atoms with E-state index in [-0.39, 0.29) is 5.56 Å². The molecule has 10 heavy (non-hydrogen) atoms. The highest BCUT2D eigenvalue weighted by atomic mass is 16.1. The molecule has 4 nitrogen and oxygen atoms in total. The van der Waals surface area contributed by atoms with Gasteiger partial charge in [0.25, 0.3) is 5.56 Å². The van der Waals surface area contributed by atoms with Gasteiger partial charge in [-0.05, 0) is 0 Å². The van der Waals surface area contributed by atoms with Gasteiger partial charge in [-0.2, -0.15) is 5.10 Å². The summed E-state index contributed by atoms with van der Waals surface area (Å²) in [5, 5.41) is 4.24. The minimum atomic E-state index is -0.178. The second-order valence-corrected chi connectivity index (χ2v) is 2.03. The Morgan fingerprint density at radius 2 is 2.50 bits per heavy atom. The summed E-state index contributed by atoms with van der Waals surface area (Å²) < 4.78 is 1.47. The maximum Gasteiger partial charge on any atom is 0.274 e. The fourth-order valence-electron chi connectivity index (χ4n) is 0.898. The third kappa shape index (κ3) is 0.452. The molecular formula is C6H5N3O. The molecule has 0 unspecified atom stereocenters. The smallest absolute Gasteiger partial charge is 0.274 e. The molecule has 0 aliphatic carbocycles. The predicted molar refractivity (Wildman–Crippen MR) is 36.6 cm³/mol. The Hall–Kier alpha value is -1.58. The molecule has 0 saturated carbocycles. The molecule has 50 valence electrons. The lowest BCUT2D eigenvalue weighted by Crippen LogP contribution is -2.24. The van der Waals surface area contributed by atoms with E-state index in [1.54, 1.807) is 12.3 Å². The largest absolute Gasteiger partial charge is 0.305 e. The maximum absolute atomic E-state index is 10.8. The molecule has 4 heteroatoms.